The van der Waals surface area contributed by atoms with E-state index in [9.17, 15) is 0 Å². The number of fused-ring (bicyclic) bond motifs is 8. The summed E-state index contributed by atoms with van der Waals surface area (Å²) in [4.78, 5) is 11.7. The van der Waals surface area contributed by atoms with E-state index in [4.69, 9.17) is 9.97 Å². The van der Waals surface area contributed by atoms with Crippen molar-refractivity contribution in [2.75, 3.05) is 0 Å². The summed E-state index contributed by atoms with van der Waals surface area (Å²) in [7, 11) is 0. The lowest BCUT2D eigenvalue weighted by atomic mass is 9.89. The molecule has 0 bridgehead atoms. The molecule has 0 fully saturated rings. The van der Waals surface area contributed by atoms with Crippen LogP contribution in [0.2, 0.25) is 0 Å². The van der Waals surface area contributed by atoms with Gasteiger partial charge >= 0.3 is 0 Å². The molecule has 0 aliphatic heterocycles. The average Bonchev–Trinajstić information content (AvgIpc) is 3.82. The van der Waals surface area contributed by atoms with Gasteiger partial charge in [0.05, 0.1) is 33.3 Å². The summed E-state index contributed by atoms with van der Waals surface area (Å²) in [5.41, 5.74) is 14.8. The molecule has 58 heavy (non-hydrogen) atoms. The molecule has 3 heterocycles. The molecule has 3 aromatic heterocycles. The molecule has 0 radical (unpaired) electrons. The Kier molecular flexibility index (Phi) is 7.24. The van der Waals surface area contributed by atoms with Crippen LogP contribution in [0.15, 0.2) is 176 Å². The van der Waals surface area contributed by atoms with E-state index in [0.717, 1.165) is 85.2 Å². The lowest BCUT2D eigenvalue weighted by Crippen LogP contribution is -2.09. The van der Waals surface area contributed by atoms with Crippen LogP contribution >= 0.6 is 0 Å². The van der Waals surface area contributed by atoms with Gasteiger partial charge in [-0.3, -0.25) is 4.57 Å². The number of allylic oxidation sites excluding steroid dienone is 1. The van der Waals surface area contributed by atoms with E-state index in [1.54, 1.807) is 0 Å². The molecule has 270 valence electrons. The fraction of sp³-hybridized carbons (Fsp3) is 0.0370. The molecule has 0 saturated heterocycles. The average molecular weight is 739 g/mol. The number of hydrogen-bond donors (Lipinski definition) is 0. The van der Waals surface area contributed by atoms with E-state index < -0.39 is 0 Å². The van der Waals surface area contributed by atoms with E-state index in [2.05, 4.69) is 191 Å². The SMILES string of the molecule is c1cccc(-c2nc3c(-c4ccccc4)c4ccccc4c(-c4ccccc4)c3nc2-n2c3c(c4c(-n5c6ccccc6c6ccccc65)cccc42)C=CCC3)c#1. The number of para-hydroxylation sites is 2. The van der Waals surface area contributed by atoms with Gasteiger partial charge in [0.1, 0.15) is 11.2 Å². The second-order valence-corrected chi connectivity index (χ2v) is 15.0. The predicted octanol–water partition coefficient (Wildman–Crippen LogP) is 13.4. The highest BCUT2D eigenvalue weighted by molar-refractivity contribution is 6.20. The summed E-state index contributed by atoms with van der Waals surface area (Å²) in [6.45, 7) is 0. The summed E-state index contributed by atoms with van der Waals surface area (Å²) >= 11 is 0. The largest absolute Gasteiger partial charge is 0.309 e. The molecule has 12 rings (SSSR count). The molecule has 0 N–H and O–H groups in total. The van der Waals surface area contributed by atoms with Crippen molar-refractivity contribution >= 4 is 60.6 Å². The van der Waals surface area contributed by atoms with Gasteiger partial charge < -0.3 is 4.57 Å². The molecular weight excluding hydrogens is 705 g/mol. The van der Waals surface area contributed by atoms with Gasteiger partial charge in [-0.05, 0) is 71.1 Å². The van der Waals surface area contributed by atoms with E-state index in [1.165, 1.54) is 38.4 Å². The summed E-state index contributed by atoms with van der Waals surface area (Å²) in [6, 6.07) is 66.9. The van der Waals surface area contributed by atoms with E-state index >= 15 is 0 Å². The fourth-order valence-corrected chi connectivity index (χ4v) is 9.43. The monoisotopic (exact) mass is 738 g/mol. The maximum absolute atomic E-state index is 5.89. The van der Waals surface area contributed by atoms with Crippen LogP contribution in [0, 0.1) is 12.1 Å². The zero-order valence-electron chi connectivity index (χ0n) is 31.5. The Morgan fingerprint density at radius 3 is 1.72 bits per heavy atom. The third-order valence-corrected chi connectivity index (χ3v) is 11.8. The smallest absolute Gasteiger partial charge is 0.165 e. The highest BCUT2D eigenvalue weighted by atomic mass is 15.1. The normalized spacial score (nSPS) is 12.5. The van der Waals surface area contributed by atoms with Gasteiger partial charge in [0.15, 0.2) is 5.82 Å². The van der Waals surface area contributed by atoms with Gasteiger partial charge in [-0.25, -0.2) is 9.97 Å². The predicted molar refractivity (Wildman–Crippen MR) is 240 cm³/mol. The van der Waals surface area contributed by atoms with Gasteiger partial charge in [0.25, 0.3) is 0 Å². The van der Waals surface area contributed by atoms with Crippen LogP contribution in [0.25, 0.3) is 106 Å². The Morgan fingerprint density at radius 2 is 1.09 bits per heavy atom. The van der Waals surface area contributed by atoms with E-state index in [0.29, 0.717) is 0 Å². The zero-order valence-corrected chi connectivity index (χ0v) is 31.5. The van der Waals surface area contributed by atoms with Crippen molar-refractivity contribution in [1.29, 1.82) is 0 Å². The first kappa shape index (κ1) is 32.5. The lowest BCUT2D eigenvalue weighted by molar-refractivity contribution is 0.872. The number of benzene rings is 7. The van der Waals surface area contributed by atoms with Crippen molar-refractivity contribution in [2.24, 2.45) is 0 Å². The summed E-state index contributed by atoms with van der Waals surface area (Å²) < 4.78 is 4.85. The first-order chi connectivity index (χ1) is 28.8. The van der Waals surface area contributed by atoms with Crippen LogP contribution in [0.5, 0.6) is 0 Å². The van der Waals surface area contributed by atoms with Crippen molar-refractivity contribution < 1.29 is 0 Å². The summed E-state index contributed by atoms with van der Waals surface area (Å²) in [5.74, 6) is 0.788. The van der Waals surface area contributed by atoms with E-state index in [1.807, 2.05) is 12.1 Å². The Morgan fingerprint density at radius 1 is 0.500 bits per heavy atom. The van der Waals surface area contributed by atoms with Gasteiger partial charge in [0, 0.05) is 38.5 Å². The molecule has 0 atom stereocenters. The topological polar surface area (TPSA) is 35.6 Å². The molecule has 0 unspecified atom stereocenters. The molecule has 1 aliphatic carbocycles. The molecule has 0 spiro atoms. The molecule has 0 saturated carbocycles. The first-order valence-electron chi connectivity index (χ1n) is 19.9. The number of nitrogens with zero attached hydrogens (tertiary/aromatic N) is 4. The maximum Gasteiger partial charge on any atom is 0.165 e. The number of rotatable bonds is 5. The maximum atomic E-state index is 5.89. The highest BCUT2D eigenvalue weighted by Gasteiger charge is 2.28. The van der Waals surface area contributed by atoms with Crippen LogP contribution in [-0.2, 0) is 6.42 Å². The summed E-state index contributed by atoms with van der Waals surface area (Å²) in [6.07, 6.45) is 6.44. The Bertz CT molecular complexity index is 3380. The Labute approximate surface area is 335 Å². The fourth-order valence-electron chi connectivity index (χ4n) is 9.43. The van der Waals surface area contributed by atoms with Crippen LogP contribution in [0.4, 0.5) is 0 Å². The van der Waals surface area contributed by atoms with Crippen molar-refractivity contribution in [3.05, 3.63) is 199 Å². The first-order valence-corrected chi connectivity index (χ1v) is 19.9. The van der Waals surface area contributed by atoms with Crippen LogP contribution in [-0.4, -0.2) is 19.1 Å². The quantitative estimate of drug-likeness (QED) is 0.165. The number of aromatic nitrogens is 4. The third-order valence-electron chi connectivity index (χ3n) is 11.8. The molecule has 8 aromatic carbocycles. The van der Waals surface area contributed by atoms with Gasteiger partial charge in [-0.15, -0.1) is 0 Å². The molecule has 1 aliphatic rings. The molecule has 4 heteroatoms. The molecule has 0 amide bonds. The zero-order chi connectivity index (χ0) is 38.2. The minimum atomic E-state index is 0.771. The van der Waals surface area contributed by atoms with Gasteiger partial charge in [-0.2, -0.15) is 0 Å². The van der Waals surface area contributed by atoms with Crippen molar-refractivity contribution in [3.63, 3.8) is 0 Å². The summed E-state index contributed by atoms with van der Waals surface area (Å²) in [5, 5.41) is 5.97. The van der Waals surface area contributed by atoms with Crippen molar-refractivity contribution in [2.45, 2.75) is 12.8 Å². The second kappa shape index (κ2) is 12.9. The van der Waals surface area contributed by atoms with Crippen LogP contribution < -0.4 is 0 Å². The van der Waals surface area contributed by atoms with Crippen molar-refractivity contribution in [3.8, 4) is 45.0 Å². The highest BCUT2D eigenvalue weighted by Crippen LogP contribution is 2.46. The standard InChI is InChI=1S/C54H34N4/c1-4-19-35(20-5-1)48-40-27-10-11-28-41(40)49(36-21-6-2-7-22-36)53-52(48)55-51(37-23-8-3-9-24-37)54(56-53)58-45-32-17-14-29-42(45)50-46(33-18-34-47(50)58)57-43-30-15-12-25-38(43)39-26-13-16-31-44(39)57/h1-8,10-16,18-23,25-31,33-34H,17,32H2. The molecule has 4 nitrogen and oxygen atoms in total. The van der Waals surface area contributed by atoms with E-state index in [-0.39, 0.29) is 0 Å². The van der Waals surface area contributed by atoms with Crippen molar-refractivity contribution in [1.82, 2.24) is 19.1 Å². The minimum absolute atomic E-state index is 0.771. The third kappa shape index (κ3) is 4.77. The second-order valence-electron chi connectivity index (χ2n) is 15.0. The van der Waals surface area contributed by atoms with Gasteiger partial charge in [0.2, 0.25) is 0 Å². The Balaban J connectivity index is 1.26. The molecule has 11 aromatic rings. The lowest BCUT2D eigenvalue weighted by Gasteiger charge is -2.20. The van der Waals surface area contributed by atoms with Crippen LogP contribution in [0.1, 0.15) is 17.7 Å². The molecular formula is C54H34N4. The minimum Gasteiger partial charge on any atom is -0.309 e. The van der Waals surface area contributed by atoms with Crippen LogP contribution in [0.3, 0.4) is 0 Å². The Hall–Kier alpha value is -7.74. The van der Waals surface area contributed by atoms with Gasteiger partial charge in [-0.1, -0.05) is 158 Å². The number of hydrogen-bond acceptors (Lipinski definition) is 2.